The van der Waals surface area contributed by atoms with Gasteiger partial charge in [0.2, 0.25) is 0 Å². The topological polar surface area (TPSA) is 108 Å². The smallest absolute Gasteiger partial charge is 0.165 e. The van der Waals surface area contributed by atoms with Gasteiger partial charge in [-0.05, 0) is 43.7 Å². The molecule has 5 rings (SSSR count). The third-order valence-corrected chi connectivity index (χ3v) is 6.32. The molecule has 0 saturated carbocycles. The molecule has 0 bridgehead atoms. The SMILES string of the molecule is Cn1cc(-c2ccc(O)c(-c3nc(N[C@@H]4CNC[C@@H]4C(C)(C)O)c4ccccc4n3)c2)cn1. The number of nitrogens with zero attached hydrogens (tertiary/aromatic N) is 4. The molecule has 1 aliphatic rings. The molecule has 0 spiro atoms. The summed E-state index contributed by atoms with van der Waals surface area (Å²) >= 11 is 0. The third kappa shape index (κ3) is 4.15. The van der Waals surface area contributed by atoms with Crippen LogP contribution in [0, 0.1) is 5.92 Å². The number of aliphatic hydroxyl groups is 1. The van der Waals surface area contributed by atoms with Crippen LogP contribution in [0.4, 0.5) is 5.82 Å². The Morgan fingerprint density at radius 1 is 1.09 bits per heavy atom. The van der Waals surface area contributed by atoms with Crippen LogP contribution < -0.4 is 10.6 Å². The second-order valence-electron chi connectivity index (χ2n) is 9.22. The van der Waals surface area contributed by atoms with Crippen molar-refractivity contribution in [1.29, 1.82) is 0 Å². The molecule has 2 aromatic carbocycles. The fourth-order valence-electron chi connectivity index (χ4n) is 4.52. The van der Waals surface area contributed by atoms with Crippen molar-refractivity contribution in [3.05, 3.63) is 54.9 Å². The molecule has 170 valence electrons. The van der Waals surface area contributed by atoms with Crippen LogP contribution in [0.1, 0.15) is 13.8 Å². The van der Waals surface area contributed by atoms with E-state index in [1.54, 1.807) is 16.9 Å². The average Bonchev–Trinajstić information content (AvgIpc) is 3.43. The monoisotopic (exact) mass is 444 g/mol. The molecule has 2 aromatic heterocycles. The fourth-order valence-corrected chi connectivity index (χ4v) is 4.52. The van der Waals surface area contributed by atoms with Gasteiger partial charge in [-0.3, -0.25) is 4.68 Å². The van der Waals surface area contributed by atoms with E-state index in [0.717, 1.165) is 35.1 Å². The number of rotatable bonds is 5. The van der Waals surface area contributed by atoms with Crippen LogP contribution in [0.5, 0.6) is 5.75 Å². The molecule has 1 saturated heterocycles. The lowest BCUT2D eigenvalue weighted by molar-refractivity contribution is 0.0219. The maximum Gasteiger partial charge on any atom is 0.165 e. The maximum absolute atomic E-state index is 10.7. The fraction of sp³-hybridized carbons (Fsp3) is 0.320. The van der Waals surface area contributed by atoms with Crippen LogP contribution in [0.2, 0.25) is 0 Å². The van der Waals surface area contributed by atoms with Gasteiger partial charge >= 0.3 is 0 Å². The number of phenolic OH excluding ortho intramolecular Hbond substituents is 1. The normalized spacial score (nSPS) is 18.7. The molecule has 8 heteroatoms. The van der Waals surface area contributed by atoms with Crippen LogP contribution in [-0.4, -0.2) is 54.7 Å². The quantitative estimate of drug-likeness (QED) is 0.374. The Balaban J connectivity index is 1.59. The highest BCUT2D eigenvalue weighted by atomic mass is 16.3. The largest absolute Gasteiger partial charge is 0.507 e. The van der Waals surface area contributed by atoms with E-state index < -0.39 is 5.60 Å². The van der Waals surface area contributed by atoms with E-state index in [4.69, 9.17) is 9.97 Å². The lowest BCUT2D eigenvalue weighted by Gasteiger charge is -2.31. The number of benzene rings is 2. The first-order chi connectivity index (χ1) is 15.8. The summed E-state index contributed by atoms with van der Waals surface area (Å²) in [5, 5.41) is 33.4. The molecule has 4 aromatic rings. The molecule has 0 amide bonds. The lowest BCUT2D eigenvalue weighted by Crippen LogP contribution is -2.42. The number of aryl methyl sites for hydroxylation is 1. The van der Waals surface area contributed by atoms with Crippen molar-refractivity contribution in [3.63, 3.8) is 0 Å². The van der Waals surface area contributed by atoms with Crippen molar-refractivity contribution in [3.8, 4) is 28.3 Å². The molecule has 2 atom stereocenters. The first-order valence-electron chi connectivity index (χ1n) is 11.1. The zero-order valence-electron chi connectivity index (χ0n) is 18.9. The second-order valence-corrected chi connectivity index (χ2v) is 9.22. The Morgan fingerprint density at radius 3 is 2.67 bits per heavy atom. The van der Waals surface area contributed by atoms with Crippen LogP contribution in [0.25, 0.3) is 33.4 Å². The Morgan fingerprint density at radius 2 is 1.91 bits per heavy atom. The molecule has 8 nitrogen and oxygen atoms in total. The number of phenols is 1. The summed E-state index contributed by atoms with van der Waals surface area (Å²) in [7, 11) is 1.87. The van der Waals surface area contributed by atoms with Gasteiger partial charge in [0, 0.05) is 49.2 Å². The van der Waals surface area contributed by atoms with Crippen LogP contribution in [0.15, 0.2) is 54.9 Å². The minimum atomic E-state index is -0.830. The van der Waals surface area contributed by atoms with E-state index in [0.29, 0.717) is 17.2 Å². The van der Waals surface area contributed by atoms with Crippen molar-refractivity contribution in [2.24, 2.45) is 13.0 Å². The zero-order valence-corrected chi connectivity index (χ0v) is 18.9. The molecule has 3 heterocycles. The number of fused-ring (bicyclic) bond motifs is 1. The van der Waals surface area contributed by atoms with Gasteiger partial charge in [-0.1, -0.05) is 18.2 Å². The molecule has 0 radical (unpaired) electrons. The Hall–Kier alpha value is -3.49. The van der Waals surface area contributed by atoms with Gasteiger partial charge in [0.15, 0.2) is 5.82 Å². The summed E-state index contributed by atoms with van der Waals surface area (Å²) in [4.78, 5) is 9.59. The Labute approximate surface area is 192 Å². The molecule has 33 heavy (non-hydrogen) atoms. The van der Waals surface area contributed by atoms with E-state index in [1.807, 2.05) is 63.5 Å². The van der Waals surface area contributed by atoms with Crippen molar-refractivity contribution < 1.29 is 10.2 Å². The summed E-state index contributed by atoms with van der Waals surface area (Å²) in [6.45, 7) is 5.13. The highest BCUT2D eigenvalue weighted by Gasteiger charge is 2.38. The highest BCUT2D eigenvalue weighted by molar-refractivity contribution is 5.91. The van der Waals surface area contributed by atoms with E-state index in [9.17, 15) is 10.2 Å². The molecular formula is C25H28N6O2. The Kier molecular flexibility index (Phi) is 5.26. The van der Waals surface area contributed by atoms with Gasteiger partial charge < -0.3 is 20.8 Å². The van der Waals surface area contributed by atoms with E-state index in [-0.39, 0.29) is 17.7 Å². The lowest BCUT2D eigenvalue weighted by atomic mass is 9.87. The first kappa shape index (κ1) is 21.4. The highest BCUT2D eigenvalue weighted by Crippen LogP contribution is 2.35. The number of aromatic hydroxyl groups is 1. The maximum atomic E-state index is 10.7. The predicted octanol–water partition coefficient (Wildman–Crippen LogP) is 3.17. The van der Waals surface area contributed by atoms with Gasteiger partial charge in [0.05, 0.1) is 22.9 Å². The molecule has 4 N–H and O–H groups in total. The molecule has 1 aliphatic heterocycles. The minimum Gasteiger partial charge on any atom is -0.507 e. The standard InChI is InChI=1S/C25H28N6O2/c1-25(2,33)19-12-26-13-21(19)29-23-17-6-4-5-7-20(17)28-24(30-23)18-10-15(8-9-22(18)32)16-11-27-31(3)14-16/h4-11,14,19,21,26,32-33H,12-13H2,1-3H3,(H,28,29,30)/t19-,21+/m0/s1. The second kappa shape index (κ2) is 8.13. The predicted molar refractivity (Wildman–Crippen MR) is 129 cm³/mol. The first-order valence-corrected chi connectivity index (χ1v) is 11.1. The van der Waals surface area contributed by atoms with Gasteiger partial charge in [0.25, 0.3) is 0 Å². The molecule has 0 aliphatic carbocycles. The summed E-state index contributed by atoms with van der Waals surface area (Å²) in [5.74, 6) is 1.26. The number of anilines is 1. The number of hydrogen-bond acceptors (Lipinski definition) is 7. The van der Waals surface area contributed by atoms with Crippen molar-refractivity contribution in [2.45, 2.75) is 25.5 Å². The number of para-hydroxylation sites is 1. The molecule has 0 unspecified atom stereocenters. The van der Waals surface area contributed by atoms with Crippen molar-refractivity contribution in [1.82, 2.24) is 25.1 Å². The summed E-state index contributed by atoms with van der Waals surface area (Å²) < 4.78 is 1.74. The van der Waals surface area contributed by atoms with Gasteiger partial charge in [-0.15, -0.1) is 0 Å². The Bertz CT molecular complexity index is 1310. The number of aromatic nitrogens is 4. The van der Waals surface area contributed by atoms with Crippen LogP contribution in [0.3, 0.4) is 0 Å². The third-order valence-electron chi connectivity index (χ3n) is 6.32. The molecule has 1 fully saturated rings. The summed E-state index contributed by atoms with van der Waals surface area (Å²) in [6.07, 6.45) is 3.71. The van der Waals surface area contributed by atoms with Crippen LogP contribution in [-0.2, 0) is 7.05 Å². The molecular weight excluding hydrogens is 416 g/mol. The van der Waals surface area contributed by atoms with Gasteiger partial charge in [0.1, 0.15) is 11.6 Å². The van der Waals surface area contributed by atoms with Gasteiger partial charge in [-0.2, -0.15) is 5.10 Å². The van der Waals surface area contributed by atoms with Crippen LogP contribution >= 0.6 is 0 Å². The number of nitrogens with one attached hydrogen (secondary N) is 2. The zero-order chi connectivity index (χ0) is 23.2. The summed E-state index contributed by atoms with van der Waals surface area (Å²) in [6, 6.07) is 13.2. The van der Waals surface area contributed by atoms with Crippen molar-refractivity contribution in [2.75, 3.05) is 18.4 Å². The van der Waals surface area contributed by atoms with E-state index in [1.165, 1.54) is 0 Å². The van der Waals surface area contributed by atoms with E-state index in [2.05, 4.69) is 15.7 Å². The average molecular weight is 445 g/mol. The van der Waals surface area contributed by atoms with Crippen molar-refractivity contribution >= 4 is 16.7 Å². The number of hydrogen-bond donors (Lipinski definition) is 4. The summed E-state index contributed by atoms with van der Waals surface area (Å²) in [5.41, 5.74) is 2.37. The van der Waals surface area contributed by atoms with E-state index >= 15 is 0 Å². The minimum absolute atomic E-state index is 0.00600. The van der Waals surface area contributed by atoms with Gasteiger partial charge in [-0.25, -0.2) is 9.97 Å².